The van der Waals surface area contributed by atoms with Crippen molar-refractivity contribution in [1.82, 2.24) is 20.5 Å². The lowest BCUT2D eigenvalue weighted by atomic mass is 10.2. The summed E-state index contributed by atoms with van der Waals surface area (Å²) in [5.74, 6) is 1.44. The second-order valence-corrected chi connectivity index (χ2v) is 4.41. The molecule has 0 aromatic carbocycles. The first-order valence-electron chi connectivity index (χ1n) is 5.84. The molecule has 0 radical (unpaired) electrons. The van der Waals surface area contributed by atoms with E-state index in [2.05, 4.69) is 20.5 Å². The largest absolute Gasteiger partial charge is 0.467 e. The molecule has 18 heavy (non-hydrogen) atoms. The normalized spacial score (nSPS) is 12.7. The van der Waals surface area contributed by atoms with Gasteiger partial charge in [0.25, 0.3) is 5.91 Å². The number of carbonyl (C=O) groups is 1. The fourth-order valence-electron chi connectivity index (χ4n) is 1.50. The monoisotopic (exact) mass is 248 g/mol. The van der Waals surface area contributed by atoms with Crippen LogP contribution in [0.2, 0.25) is 0 Å². The summed E-state index contributed by atoms with van der Waals surface area (Å²) in [4.78, 5) is 16.0. The minimum Gasteiger partial charge on any atom is -0.467 e. The maximum absolute atomic E-state index is 11.9. The fourth-order valence-corrected chi connectivity index (χ4v) is 1.50. The number of carbonyl (C=O) groups excluding carboxylic acids is 1. The molecule has 0 spiro atoms. The number of hydrogen-bond acceptors (Lipinski definition) is 4. The van der Waals surface area contributed by atoms with Crippen molar-refractivity contribution in [3.63, 3.8) is 0 Å². The number of nitrogens with one attached hydrogen (secondary N) is 2. The van der Waals surface area contributed by atoms with E-state index in [4.69, 9.17) is 4.42 Å². The van der Waals surface area contributed by atoms with Crippen LogP contribution in [0.5, 0.6) is 0 Å². The van der Waals surface area contributed by atoms with Crippen LogP contribution in [0.4, 0.5) is 0 Å². The Morgan fingerprint density at radius 3 is 2.78 bits per heavy atom. The number of nitrogens with zero attached hydrogens (tertiary/aromatic N) is 2. The molecule has 0 fully saturated rings. The van der Waals surface area contributed by atoms with Gasteiger partial charge in [0.05, 0.1) is 12.3 Å². The molecule has 0 aliphatic carbocycles. The van der Waals surface area contributed by atoms with Crippen molar-refractivity contribution in [3.8, 4) is 0 Å². The van der Waals surface area contributed by atoms with E-state index in [1.807, 2.05) is 26.8 Å². The van der Waals surface area contributed by atoms with Crippen molar-refractivity contribution in [1.29, 1.82) is 0 Å². The van der Waals surface area contributed by atoms with Crippen molar-refractivity contribution in [2.45, 2.75) is 32.7 Å². The lowest BCUT2D eigenvalue weighted by molar-refractivity contribution is 0.0925. The number of aromatic amines is 1. The van der Waals surface area contributed by atoms with Gasteiger partial charge in [-0.1, -0.05) is 13.8 Å². The molecule has 6 heteroatoms. The third-order valence-electron chi connectivity index (χ3n) is 2.57. The maximum atomic E-state index is 11.9. The SMILES string of the molecule is CC(C)c1nc(C(=O)NC(C)c2ccco2)n[nH]1. The number of rotatable bonds is 4. The molecule has 96 valence electrons. The topological polar surface area (TPSA) is 83.8 Å². The van der Waals surface area contributed by atoms with Gasteiger partial charge in [0.15, 0.2) is 0 Å². The highest BCUT2D eigenvalue weighted by Crippen LogP contribution is 2.13. The molecule has 2 heterocycles. The molecule has 0 aliphatic rings. The lowest BCUT2D eigenvalue weighted by Gasteiger charge is -2.09. The maximum Gasteiger partial charge on any atom is 0.291 e. The highest BCUT2D eigenvalue weighted by molar-refractivity contribution is 5.90. The standard InChI is InChI=1S/C12H16N4O2/c1-7(2)10-14-11(16-15-10)12(17)13-8(3)9-5-4-6-18-9/h4-8H,1-3H3,(H,13,17)(H,14,15,16). The number of furan rings is 1. The molecular formula is C12H16N4O2. The van der Waals surface area contributed by atoms with E-state index in [9.17, 15) is 4.79 Å². The Labute approximate surface area is 105 Å². The predicted molar refractivity (Wildman–Crippen MR) is 65.1 cm³/mol. The Morgan fingerprint density at radius 1 is 1.44 bits per heavy atom. The third-order valence-corrected chi connectivity index (χ3v) is 2.57. The summed E-state index contributed by atoms with van der Waals surface area (Å²) in [6, 6.07) is 3.37. The highest BCUT2D eigenvalue weighted by Gasteiger charge is 2.17. The Morgan fingerprint density at radius 2 is 2.22 bits per heavy atom. The summed E-state index contributed by atoms with van der Waals surface area (Å²) < 4.78 is 5.21. The Bertz CT molecular complexity index is 516. The van der Waals surface area contributed by atoms with Crippen molar-refractivity contribution in [2.75, 3.05) is 0 Å². The molecule has 2 N–H and O–H groups in total. The average Bonchev–Trinajstić information content (AvgIpc) is 3.00. The molecule has 2 aromatic heterocycles. The van der Waals surface area contributed by atoms with Gasteiger partial charge in [0.1, 0.15) is 11.6 Å². The van der Waals surface area contributed by atoms with Gasteiger partial charge in [-0.25, -0.2) is 4.98 Å². The molecule has 0 saturated heterocycles. The van der Waals surface area contributed by atoms with Crippen LogP contribution in [-0.2, 0) is 0 Å². The molecular weight excluding hydrogens is 232 g/mol. The van der Waals surface area contributed by atoms with Gasteiger partial charge in [0.2, 0.25) is 5.82 Å². The quantitative estimate of drug-likeness (QED) is 0.866. The average molecular weight is 248 g/mol. The zero-order chi connectivity index (χ0) is 13.1. The first-order valence-corrected chi connectivity index (χ1v) is 5.84. The molecule has 0 aliphatic heterocycles. The lowest BCUT2D eigenvalue weighted by Crippen LogP contribution is -2.27. The van der Waals surface area contributed by atoms with Crippen molar-refractivity contribution in [3.05, 3.63) is 35.8 Å². The number of aromatic nitrogens is 3. The van der Waals surface area contributed by atoms with E-state index in [0.29, 0.717) is 11.6 Å². The summed E-state index contributed by atoms with van der Waals surface area (Å²) in [6.07, 6.45) is 1.57. The van der Waals surface area contributed by atoms with Crippen molar-refractivity contribution in [2.24, 2.45) is 0 Å². The van der Waals surface area contributed by atoms with Crippen LogP contribution in [-0.4, -0.2) is 21.1 Å². The van der Waals surface area contributed by atoms with E-state index >= 15 is 0 Å². The number of amides is 1. The smallest absolute Gasteiger partial charge is 0.291 e. The van der Waals surface area contributed by atoms with Crippen molar-refractivity contribution >= 4 is 5.91 Å². The molecule has 0 saturated carbocycles. The van der Waals surface area contributed by atoms with Gasteiger partial charge in [-0.05, 0) is 19.1 Å². The molecule has 6 nitrogen and oxygen atoms in total. The number of H-pyrrole nitrogens is 1. The zero-order valence-corrected chi connectivity index (χ0v) is 10.6. The molecule has 1 atom stereocenters. The minimum absolute atomic E-state index is 0.150. The second-order valence-electron chi connectivity index (χ2n) is 4.41. The van der Waals surface area contributed by atoms with Crippen LogP contribution in [0, 0.1) is 0 Å². The van der Waals surface area contributed by atoms with Gasteiger partial charge in [-0.3, -0.25) is 9.89 Å². The Kier molecular flexibility index (Phi) is 3.45. The van der Waals surface area contributed by atoms with Crippen LogP contribution in [0.25, 0.3) is 0 Å². The molecule has 0 bridgehead atoms. The van der Waals surface area contributed by atoms with E-state index in [1.165, 1.54) is 0 Å². The van der Waals surface area contributed by atoms with Crippen LogP contribution in [0.1, 0.15) is 54.9 Å². The molecule has 1 unspecified atom stereocenters. The summed E-state index contributed by atoms with van der Waals surface area (Å²) in [5.41, 5.74) is 0. The second kappa shape index (κ2) is 5.03. The van der Waals surface area contributed by atoms with Crippen molar-refractivity contribution < 1.29 is 9.21 Å². The van der Waals surface area contributed by atoms with Crippen LogP contribution in [0.3, 0.4) is 0 Å². The Hall–Kier alpha value is -2.11. The highest BCUT2D eigenvalue weighted by atomic mass is 16.3. The van der Waals surface area contributed by atoms with Gasteiger partial charge in [-0.2, -0.15) is 0 Å². The number of hydrogen-bond donors (Lipinski definition) is 2. The third kappa shape index (κ3) is 2.58. The summed E-state index contributed by atoms with van der Waals surface area (Å²) >= 11 is 0. The van der Waals surface area contributed by atoms with Crippen LogP contribution >= 0.6 is 0 Å². The van der Waals surface area contributed by atoms with Gasteiger partial charge in [0, 0.05) is 5.92 Å². The van der Waals surface area contributed by atoms with Gasteiger partial charge in [-0.15, -0.1) is 5.10 Å². The first-order chi connectivity index (χ1) is 8.58. The van der Waals surface area contributed by atoms with E-state index in [1.54, 1.807) is 12.3 Å². The van der Waals surface area contributed by atoms with Gasteiger partial charge >= 0.3 is 0 Å². The van der Waals surface area contributed by atoms with Gasteiger partial charge < -0.3 is 9.73 Å². The fraction of sp³-hybridized carbons (Fsp3) is 0.417. The molecule has 2 aromatic rings. The van der Waals surface area contributed by atoms with Crippen LogP contribution < -0.4 is 5.32 Å². The van der Waals surface area contributed by atoms with E-state index < -0.39 is 0 Å². The van der Waals surface area contributed by atoms with E-state index in [-0.39, 0.29) is 23.7 Å². The minimum atomic E-state index is -0.318. The summed E-state index contributed by atoms with van der Waals surface area (Å²) in [5, 5.41) is 9.41. The predicted octanol–water partition coefficient (Wildman–Crippen LogP) is 2.01. The molecule has 1 amide bonds. The first kappa shape index (κ1) is 12.3. The van der Waals surface area contributed by atoms with E-state index in [0.717, 1.165) is 0 Å². The van der Waals surface area contributed by atoms with Crippen LogP contribution in [0.15, 0.2) is 22.8 Å². The zero-order valence-electron chi connectivity index (χ0n) is 10.6. The summed E-state index contributed by atoms with van der Waals surface area (Å²) in [7, 11) is 0. The summed E-state index contributed by atoms with van der Waals surface area (Å²) in [6.45, 7) is 5.80. The Balaban J connectivity index is 2.03. The molecule has 2 rings (SSSR count).